The van der Waals surface area contributed by atoms with Gasteiger partial charge in [-0.05, 0) is 30.7 Å². The molecule has 2 heterocycles. The third-order valence-corrected chi connectivity index (χ3v) is 4.12. The van der Waals surface area contributed by atoms with Crippen molar-refractivity contribution in [3.63, 3.8) is 0 Å². The number of aryl methyl sites for hydroxylation is 1. The van der Waals surface area contributed by atoms with E-state index in [0.29, 0.717) is 18.0 Å². The lowest BCUT2D eigenvalue weighted by Crippen LogP contribution is -2.52. The highest BCUT2D eigenvalue weighted by Gasteiger charge is 2.51. The lowest BCUT2D eigenvalue weighted by Gasteiger charge is -2.21. The van der Waals surface area contributed by atoms with Crippen LogP contribution in [0.1, 0.15) is 17.7 Å². The molecule has 1 atom stereocenters. The Labute approximate surface area is 133 Å². The van der Waals surface area contributed by atoms with E-state index < -0.39 is 17.4 Å². The zero-order valence-corrected chi connectivity index (χ0v) is 12.8. The normalized spacial score (nSPS) is 20.8. The lowest BCUT2D eigenvalue weighted by atomic mass is 10.0. The summed E-state index contributed by atoms with van der Waals surface area (Å²) in [6, 6.07) is 10.8. The van der Waals surface area contributed by atoms with Gasteiger partial charge in [-0.25, -0.2) is 0 Å². The number of para-hydroxylation sites is 1. The van der Waals surface area contributed by atoms with Crippen LogP contribution in [0.25, 0.3) is 0 Å². The first-order valence-electron chi connectivity index (χ1n) is 7.43. The minimum atomic E-state index is -2.03. The average molecular weight is 314 g/mol. The average Bonchev–Trinajstić information content (AvgIpc) is 3.11. The molecule has 6 nitrogen and oxygen atoms in total. The highest BCUT2D eigenvalue weighted by Crippen LogP contribution is 2.28. The quantitative estimate of drug-likeness (QED) is 0.835. The zero-order valence-electron chi connectivity index (χ0n) is 12.8. The summed E-state index contributed by atoms with van der Waals surface area (Å²) in [5, 5.41) is 13.1. The van der Waals surface area contributed by atoms with Crippen LogP contribution in [0, 0.1) is 6.92 Å². The van der Waals surface area contributed by atoms with E-state index >= 15 is 0 Å². The fourth-order valence-electron chi connectivity index (χ4n) is 2.66. The maximum absolute atomic E-state index is 12.5. The summed E-state index contributed by atoms with van der Waals surface area (Å²) in [6.45, 7) is 2.29. The van der Waals surface area contributed by atoms with Gasteiger partial charge in [0.25, 0.3) is 11.8 Å². The molecule has 0 bridgehead atoms. The minimum Gasteiger partial charge on any atom is -0.467 e. The van der Waals surface area contributed by atoms with Crippen LogP contribution in [0.15, 0.2) is 47.1 Å². The number of nitrogens with one attached hydrogen (secondary N) is 1. The standard InChI is InChI=1S/C17H18N2O4/c1-12-7-10-23-14(12)11-18-15(20)17(22)8-9-19(16(17)21)13-5-3-2-4-6-13/h2-7,10,22H,8-9,11H2,1H3,(H,18,20)/t17-/m0/s1. The molecule has 1 aromatic heterocycles. The molecule has 1 fully saturated rings. The van der Waals surface area contributed by atoms with Gasteiger partial charge in [0.05, 0.1) is 12.8 Å². The number of hydrogen-bond donors (Lipinski definition) is 2. The minimum absolute atomic E-state index is 0.0592. The van der Waals surface area contributed by atoms with Crippen molar-refractivity contribution in [2.24, 2.45) is 0 Å². The molecular weight excluding hydrogens is 296 g/mol. The first-order valence-corrected chi connectivity index (χ1v) is 7.43. The molecule has 2 N–H and O–H groups in total. The summed E-state index contributed by atoms with van der Waals surface area (Å²) in [7, 11) is 0. The molecule has 1 aromatic carbocycles. The van der Waals surface area contributed by atoms with Crippen LogP contribution < -0.4 is 10.2 Å². The number of benzene rings is 1. The maximum atomic E-state index is 12.5. The first kappa shape index (κ1) is 15.3. The number of hydrogen-bond acceptors (Lipinski definition) is 4. The molecule has 1 aliphatic rings. The van der Waals surface area contributed by atoms with Crippen molar-refractivity contribution in [3.05, 3.63) is 54.0 Å². The molecule has 1 aliphatic heterocycles. The van der Waals surface area contributed by atoms with E-state index in [2.05, 4.69) is 5.32 Å². The van der Waals surface area contributed by atoms with Crippen molar-refractivity contribution < 1.29 is 19.1 Å². The number of nitrogens with zero attached hydrogens (tertiary/aromatic N) is 1. The van der Waals surface area contributed by atoms with Crippen molar-refractivity contribution in [3.8, 4) is 0 Å². The van der Waals surface area contributed by atoms with Crippen LogP contribution in [0.4, 0.5) is 5.69 Å². The predicted octanol–water partition coefficient (Wildman–Crippen LogP) is 1.37. The molecule has 0 spiro atoms. The lowest BCUT2D eigenvalue weighted by molar-refractivity contribution is -0.149. The van der Waals surface area contributed by atoms with Crippen LogP contribution in [0.5, 0.6) is 0 Å². The monoisotopic (exact) mass is 314 g/mol. The van der Waals surface area contributed by atoms with Gasteiger partial charge in [-0.2, -0.15) is 0 Å². The summed E-state index contributed by atoms with van der Waals surface area (Å²) in [5.74, 6) is -0.693. The third kappa shape index (κ3) is 2.73. The van der Waals surface area contributed by atoms with E-state index in [4.69, 9.17) is 4.42 Å². The Morgan fingerprint density at radius 2 is 2.09 bits per heavy atom. The van der Waals surface area contributed by atoms with Gasteiger partial charge in [-0.15, -0.1) is 0 Å². The summed E-state index contributed by atoms with van der Waals surface area (Å²) in [6.07, 6.45) is 1.59. The van der Waals surface area contributed by atoms with E-state index in [1.54, 1.807) is 30.3 Å². The maximum Gasteiger partial charge on any atom is 0.268 e. The van der Waals surface area contributed by atoms with Crippen LogP contribution in [-0.2, 0) is 16.1 Å². The molecule has 0 aliphatic carbocycles. The van der Waals surface area contributed by atoms with Gasteiger partial charge < -0.3 is 19.7 Å². The fourth-order valence-corrected chi connectivity index (χ4v) is 2.66. The third-order valence-electron chi connectivity index (χ3n) is 4.12. The molecule has 0 radical (unpaired) electrons. The number of rotatable bonds is 4. The topological polar surface area (TPSA) is 82.8 Å². The van der Waals surface area contributed by atoms with E-state index in [-0.39, 0.29) is 13.0 Å². The number of aliphatic hydroxyl groups is 1. The molecule has 23 heavy (non-hydrogen) atoms. The Morgan fingerprint density at radius 3 is 2.74 bits per heavy atom. The van der Waals surface area contributed by atoms with E-state index in [0.717, 1.165) is 5.56 Å². The largest absolute Gasteiger partial charge is 0.467 e. The van der Waals surface area contributed by atoms with Crippen LogP contribution in [-0.4, -0.2) is 29.1 Å². The summed E-state index contributed by atoms with van der Waals surface area (Å²) >= 11 is 0. The number of carbonyl (C=O) groups excluding carboxylic acids is 2. The molecule has 2 aromatic rings. The first-order chi connectivity index (χ1) is 11.0. The number of amides is 2. The number of furan rings is 1. The molecule has 2 amide bonds. The fraction of sp³-hybridized carbons (Fsp3) is 0.294. The van der Waals surface area contributed by atoms with Gasteiger partial charge in [0.15, 0.2) is 0 Å². The van der Waals surface area contributed by atoms with E-state index in [1.165, 1.54) is 11.2 Å². The smallest absolute Gasteiger partial charge is 0.268 e. The van der Waals surface area contributed by atoms with Crippen molar-refractivity contribution >= 4 is 17.5 Å². The molecule has 3 rings (SSSR count). The van der Waals surface area contributed by atoms with Crippen molar-refractivity contribution in [1.29, 1.82) is 0 Å². The van der Waals surface area contributed by atoms with Crippen LogP contribution in [0.2, 0.25) is 0 Å². The highest BCUT2D eigenvalue weighted by atomic mass is 16.3. The van der Waals surface area contributed by atoms with Crippen molar-refractivity contribution in [2.45, 2.75) is 25.5 Å². The molecule has 0 unspecified atom stereocenters. The Hall–Kier alpha value is -2.60. The molecule has 120 valence electrons. The molecule has 1 saturated heterocycles. The van der Waals surface area contributed by atoms with Gasteiger partial charge in [0.2, 0.25) is 5.60 Å². The van der Waals surface area contributed by atoms with Gasteiger partial charge >= 0.3 is 0 Å². The van der Waals surface area contributed by atoms with Crippen molar-refractivity contribution in [1.82, 2.24) is 5.32 Å². The number of carbonyl (C=O) groups is 2. The SMILES string of the molecule is Cc1ccoc1CNC(=O)[C@@]1(O)CCN(c2ccccc2)C1=O. The molecular formula is C17H18N2O4. The summed E-state index contributed by atoms with van der Waals surface area (Å²) in [4.78, 5) is 26.2. The second-order valence-electron chi connectivity index (χ2n) is 5.61. The number of anilines is 1. The van der Waals surface area contributed by atoms with Gasteiger partial charge in [-0.3, -0.25) is 9.59 Å². The second kappa shape index (κ2) is 5.89. The predicted molar refractivity (Wildman–Crippen MR) is 83.7 cm³/mol. The Kier molecular flexibility index (Phi) is 3.92. The van der Waals surface area contributed by atoms with E-state index in [1.807, 2.05) is 13.0 Å². The Morgan fingerprint density at radius 1 is 1.35 bits per heavy atom. The van der Waals surface area contributed by atoms with Crippen LogP contribution >= 0.6 is 0 Å². The van der Waals surface area contributed by atoms with Crippen molar-refractivity contribution in [2.75, 3.05) is 11.4 Å². The second-order valence-corrected chi connectivity index (χ2v) is 5.61. The summed E-state index contributed by atoms with van der Waals surface area (Å²) in [5.41, 5.74) is -0.458. The van der Waals surface area contributed by atoms with E-state index in [9.17, 15) is 14.7 Å². The van der Waals surface area contributed by atoms with Gasteiger partial charge in [0.1, 0.15) is 5.76 Å². The Bertz CT molecular complexity index is 725. The molecule has 6 heteroatoms. The molecule has 0 saturated carbocycles. The summed E-state index contributed by atoms with van der Waals surface area (Å²) < 4.78 is 5.24. The highest BCUT2D eigenvalue weighted by molar-refractivity contribution is 6.16. The zero-order chi connectivity index (χ0) is 16.4. The van der Waals surface area contributed by atoms with Gasteiger partial charge in [-0.1, -0.05) is 18.2 Å². The van der Waals surface area contributed by atoms with Gasteiger partial charge in [0, 0.05) is 18.7 Å². The van der Waals surface area contributed by atoms with Crippen LogP contribution in [0.3, 0.4) is 0 Å². The Balaban J connectivity index is 1.70.